The highest BCUT2D eigenvalue weighted by Crippen LogP contribution is 2.22. The first-order valence-corrected chi connectivity index (χ1v) is 7.48. The van der Waals surface area contributed by atoms with E-state index in [1.54, 1.807) is 0 Å². The standard InChI is InChI=1S/C17H26N2O/c1-13(2)12-20-9-8-19-11-15(10-14(3)18)16-6-4-5-7-17(16)19/h4-7,11,13-14H,8-10,12,18H2,1-3H3. The van der Waals surface area contributed by atoms with Crippen LogP contribution in [0.25, 0.3) is 10.9 Å². The molecule has 20 heavy (non-hydrogen) atoms. The molecule has 3 nitrogen and oxygen atoms in total. The van der Waals surface area contributed by atoms with Crippen LogP contribution in [0.3, 0.4) is 0 Å². The summed E-state index contributed by atoms with van der Waals surface area (Å²) in [6.07, 6.45) is 3.15. The summed E-state index contributed by atoms with van der Waals surface area (Å²) in [6, 6.07) is 8.71. The van der Waals surface area contributed by atoms with Crippen LogP contribution in [0.5, 0.6) is 0 Å². The van der Waals surface area contributed by atoms with Crippen LogP contribution in [0.2, 0.25) is 0 Å². The molecule has 1 unspecified atom stereocenters. The van der Waals surface area contributed by atoms with Crippen LogP contribution in [-0.4, -0.2) is 23.8 Å². The molecule has 0 amide bonds. The van der Waals surface area contributed by atoms with Crippen LogP contribution in [-0.2, 0) is 17.7 Å². The maximum atomic E-state index is 5.95. The van der Waals surface area contributed by atoms with Gasteiger partial charge in [0, 0.05) is 36.3 Å². The average molecular weight is 274 g/mol. The van der Waals surface area contributed by atoms with Gasteiger partial charge in [0.05, 0.1) is 6.61 Å². The van der Waals surface area contributed by atoms with E-state index in [-0.39, 0.29) is 6.04 Å². The summed E-state index contributed by atoms with van der Waals surface area (Å²) in [5.41, 5.74) is 8.55. The summed E-state index contributed by atoms with van der Waals surface area (Å²) < 4.78 is 7.98. The van der Waals surface area contributed by atoms with Crippen LogP contribution in [0.4, 0.5) is 0 Å². The summed E-state index contributed by atoms with van der Waals surface area (Å²) in [5.74, 6) is 0.588. The number of nitrogens with zero attached hydrogens (tertiary/aromatic N) is 1. The van der Waals surface area contributed by atoms with Gasteiger partial charge < -0.3 is 15.0 Å². The van der Waals surface area contributed by atoms with E-state index in [0.717, 1.165) is 26.2 Å². The van der Waals surface area contributed by atoms with Crippen molar-refractivity contribution >= 4 is 10.9 Å². The Hall–Kier alpha value is -1.32. The van der Waals surface area contributed by atoms with E-state index in [0.29, 0.717) is 5.92 Å². The Balaban J connectivity index is 2.12. The molecule has 2 N–H and O–H groups in total. The van der Waals surface area contributed by atoms with Gasteiger partial charge in [0.1, 0.15) is 0 Å². The number of para-hydroxylation sites is 1. The molecular formula is C17H26N2O. The topological polar surface area (TPSA) is 40.2 Å². The highest BCUT2D eigenvalue weighted by atomic mass is 16.5. The summed E-state index contributed by atoms with van der Waals surface area (Å²) in [7, 11) is 0. The van der Waals surface area contributed by atoms with Gasteiger partial charge in [0.2, 0.25) is 0 Å². The lowest BCUT2D eigenvalue weighted by Crippen LogP contribution is -2.17. The molecule has 0 radical (unpaired) electrons. The van der Waals surface area contributed by atoms with Crippen LogP contribution < -0.4 is 5.73 Å². The second-order valence-corrected chi connectivity index (χ2v) is 6.02. The minimum Gasteiger partial charge on any atom is -0.379 e. The molecule has 0 spiro atoms. The Morgan fingerprint density at radius 1 is 1.20 bits per heavy atom. The van der Waals surface area contributed by atoms with Crippen molar-refractivity contribution in [3.05, 3.63) is 36.0 Å². The van der Waals surface area contributed by atoms with Crippen molar-refractivity contribution in [2.24, 2.45) is 11.7 Å². The Bertz CT molecular complexity index is 543. The van der Waals surface area contributed by atoms with E-state index in [1.807, 2.05) is 0 Å². The lowest BCUT2D eigenvalue weighted by molar-refractivity contribution is 0.104. The fourth-order valence-electron chi connectivity index (χ4n) is 2.50. The van der Waals surface area contributed by atoms with E-state index in [2.05, 4.69) is 55.8 Å². The minimum absolute atomic E-state index is 0.187. The second-order valence-electron chi connectivity index (χ2n) is 6.02. The lowest BCUT2D eigenvalue weighted by atomic mass is 10.1. The minimum atomic E-state index is 0.187. The highest BCUT2D eigenvalue weighted by Gasteiger charge is 2.09. The zero-order valence-electron chi connectivity index (χ0n) is 12.8. The zero-order valence-corrected chi connectivity index (χ0v) is 12.8. The third kappa shape index (κ3) is 3.84. The average Bonchev–Trinajstić information content (AvgIpc) is 2.73. The summed E-state index contributed by atoms with van der Waals surface area (Å²) >= 11 is 0. The monoisotopic (exact) mass is 274 g/mol. The maximum Gasteiger partial charge on any atom is 0.0645 e. The number of hydrogen-bond acceptors (Lipinski definition) is 2. The summed E-state index contributed by atoms with van der Waals surface area (Å²) in [4.78, 5) is 0. The molecule has 1 atom stereocenters. The van der Waals surface area contributed by atoms with Crippen molar-refractivity contribution in [2.45, 2.75) is 39.8 Å². The Kier molecular flexibility index (Phi) is 5.21. The molecule has 0 aliphatic rings. The first-order chi connectivity index (χ1) is 9.58. The zero-order chi connectivity index (χ0) is 14.5. The van der Waals surface area contributed by atoms with Gasteiger partial charge in [-0.15, -0.1) is 0 Å². The Morgan fingerprint density at radius 2 is 1.95 bits per heavy atom. The number of aromatic nitrogens is 1. The van der Waals surface area contributed by atoms with E-state index < -0.39 is 0 Å². The van der Waals surface area contributed by atoms with E-state index in [9.17, 15) is 0 Å². The SMILES string of the molecule is CC(C)COCCn1cc(CC(C)N)c2ccccc21. The van der Waals surface area contributed by atoms with Gasteiger partial charge in [0.25, 0.3) is 0 Å². The molecule has 0 aliphatic carbocycles. The summed E-state index contributed by atoms with van der Waals surface area (Å²) in [5, 5.41) is 1.31. The van der Waals surface area contributed by atoms with Gasteiger partial charge in [-0.05, 0) is 30.9 Å². The predicted octanol–water partition coefficient (Wildman–Crippen LogP) is 3.20. The molecule has 1 aromatic heterocycles. The van der Waals surface area contributed by atoms with Gasteiger partial charge in [-0.25, -0.2) is 0 Å². The van der Waals surface area contributed by atoms with Gasteiger partial charge in [0.15, 0.2) is 0 Å². The molecule has 0 saturated carbocycles. The third-order valence-electron chi connectivity index (χ3n) is 3.34. The molecule has 0 bridgehead atoms. The van der Waals surface area contributed by atoms with Crippen molar-refractivity contribution in [3.63, 3.8) is 0 Å². The first kappa shape index (κ1) is 15.1. The molecule has 0 aliphatic heterocycles. The number of fused-ring (bicyclic) bond motifs is 1. The van der Waals surface area contributed by atoms with Gasteiger partial charge >= 0.3 is 0 Å². The molecule has 2 aromatic rings. The molecule has 110 valence electrons. The Morgan fingerprint density at radius 3 is 2.65 bits per heavy atom. The van der Waals surface area contributed by atoms with Crippen LogP contribution >= 0.6 is 0 Å². The maximum absolute atomic E-state index is 5.95. The van der Waals surface area contributed by atoms with E-state index in [4.69, 9.17) is 10.5 Å². The van der Waals surface area contributed by atoms with Crippen molar-refractivity contribution in [1.29, 1.82) is 0 Å². The number of benzene rings is 1. The number of rotatable bonds is 7. The van der Waals surface area contributed by atoms with Gasteiger partial charge in [-0.2, -0.15) is 0 Å². The predicted molar refractivity (Wildman–Crippen MR) is 84.9 cm³/mol. The van der Waals surface area contributed by atoms with Crippen molar-refractivity contribution in [2.75, 3.05) is 13.2 Å². The van der Waals surface area contributed by atoms with Crippen molar-refractivity contribution in [3.8, 4) is 0 Å². The highest BCUT2D eigenvalue weighted by molar-refractivity contribution is 5.84. The number of nitrogens with two attached hydrogens (primary N) is 1. The molecule has 0 fully saturated rings. The second kappa shape index (κ2) is 6.91. The smallest absolute Gasteiger partial charge is 0.0645 e. The summed E-state index contributed by atoms with van der Waals surface area (Å²) in [6.45, 7) is 8.88. The molecular weight excluding hydrogens is 248 g/mol. The first-order valence-electron chi connectivity index (χ1n) is 7.48. The fraction of sp³-hybridized carbons (Fsp3) is 0.529. The quantitative estimate of drug-likeness (QED) is 0.788. The molecule has 3 heteroatoms. The van der Waals surface area contributed by atoms with Gasteiger partial charge in [-0.3, -0.25) is 0 Å². The molecule has 1 heterocycles. The number of hydrogen-bond donors (Lipinski definition) is 1. The van der Waals surface area contributed by atoms with Crippen molar-refractivity contribution in [1.82, 2.24) is 4.57 Å². The van der Waals surface area contributed by atoms with Crippen LogP contribution in [0.15, 0.2) is 30.5 Å². The number of ether oxygens (including phenoxy) is 1. The molecule has 0 saturated heterocycles. The largest absolute Gasteiger partial charge is 0.379 e. The molecule has 1 aromatic carbocycles. The van der Waals surface area contributed by atoms with Crippen LogP contribution in [0.1, 0.15) is 26.3 Å². The lowest BCUT2D eigenvalue weighted by Gasteiger charge is -2.08. The molecule has 2 rings (SSSR count). The van der Waals surface area contributed by atoms with E-state index >= 15 is 0 Å². The third-order valence-corrected chi connectivity index (χ3v) is 3.34. The van der Waals surface area contributed by atoms with Crippen molar-refractivity contribution < 1.29 is 4.74 Å². The van der Waals surface area contributed by atoms with Crippen LogP contribution in [0, 0.1) is 5.92 Å². The Labute approximate surface area is 121 Å². The normalized spacial score (nSPS) is 13.2. The van der Waals surface area contributed by atoms with Gasteiger partial charge in [-0.1, -0.05) is 32.0 Å². The fourth-order valence-corrected chi connectivity index (χ4v) is 2.50. The van der Waals surface area contributed by atoms with E-state index in [1.165, 1.54) is 16.5 Å².